The molecule has 7 nitrogen and oxygen atoms in total. The largest absolute Gasteiger partial charge is 0.493 e. The second kappa shape index (κ2) is 9.07. The number of nitrogens with one attached hydrogen (secondary N) is 1. The van der Waals surface area contributed by atoms with Crippen LogP contribution in [0.2, 0.25) is 0 Å². The molecule has 0 spiro atoms. The fourth-order valence-electron chi connectivity index (χ4n) is 3.13. The van der Waals surface area contributed by atoms with E-state index in [2.05, 4.69) is 9.97 Å². The van der Waals surface area contributed by atoms with Crippen molar-refractivity contribution in [2.45, 2.75) is 18.7 Å². The second-order valence-corrected chi connectivity index (χ2v) is 8.81. The zero-order chi connectivity index (χ0) is 21.9. The maximum Gasteiger partial charge on any atom is 0.243 e. The number of methoxy groups -OCH3 is 2. The van der Waals surface area contributed by atoms with Crippen LogP contribution in [0, 0.1) is 0 Å². The molecule has 0 aliphatic rings. The van der Waals surface area contributed by atoms with Gasteiger partial charge in [0.05, 0.1) is 35.2 Å². The zero-order valence-electron chi connectivity index (χ0n) is 17.3. The van der Waals surface area contributed by atoms with Crippen molar-refractivity contribution >= 4 is 43.8 Å². The quantitative estimate of drug-likeness (QED) is 0.552. The van der Waals surface area contributed by atoms with E-state index in [1.54, 1.807) is 50.6 Å². The van der Waals surface area contributed by atoms with Gasteiger partial charge in [-0.3, -0.25) is 0 Å². The molecule has 3 aromatic rings. The molecular weight excluding hydrogens is 426 g/mol. The summed E-state index contributed by atoms with van der Waals surface area (Å²) in [4.78, 5) is 7.79. The minimum Gasteiger partial charge on any atom is -0.493 e. The van der Waals surface area contributed by atoms with E-state index in [4.69, 9.17) is 21.1 Å². The Morgan fingerprint density at radius 2 is 1.80 bits per heavy atom. The van der Waals surface area contributed by atoms with E-state index in [0.29, 0.717) is 46.5 Å². The minimum atomic E-state index is -3.55. The standard InChI is InChI=1S/C21H24ClN3O4S/c1-5-25(6-2)30(26,27)15-8-9-17-18(13-15)24-21(23-17)16(22)11-14-7-10-19(28-3)20(12-14)29-4/h7-13H,5-6H2,1-4H3,(H,23,24). The topological polar surface area (TPSA) is 84.5 Å². The molecule has 0 saturated carbocycles. The number of hydrogen-bond donors (Lipinski definition) is 1. The van der Waals surface area contributed by atoms with Crippen LogP contribution in [-0.2, 0) is 10.0 Å². The molecule has 1 N–H and O–H groups in total. The van der Waals surface area contributed by atoms with E-state index < -0.39 is 10.0 Å². The van der Waals surface area contributed by atoms with Gasteiger partial charge in [0, 0.05) is 13.1 Å². The maximum atomic E-state index is 12.8. The van der Waals surface area contributed by atoms with Crippen LogP contribution in [0.1, 0.15) is 25.2 Å². The van der Waals surface area contributed by atoms with Crippen molar-refractivity contribution in [1.82, 2.24) is 14.3 Å². The van der Waals surface area contributed by atoms with Crippen molar-refractivity contribution in [2.24, 2.45) is 0 Å². The molecule has 0 unspecified atom stereocenters. The third-order valence-electron chi connectivity index (χ3n) is 4.72. The number of rotatable bonds is 8. The smallest absolute Gasteiger partial charge is 0.243 e. The van der Waals surface area contributed by atoms with Gasteiger partial charge in [-0.2, -0.15) is 4.31 Å². The highest BCUT2D eigenvalue weighted by Gasteiger charge is 2.22. The summed E-state index contributed by atoms with van der Waals surface area (Å²) in [6.45, 7) is 4.44. The first-order valence-corrected chi connectivity index (χ1v) is 11.2. The molecule has 0 aliphatic heterocycles. The van der Waals surface area contributed by atoms with Crippen molar-refractivity contribution in [2.75, 3.05) is 27.3 Å². The molecule has 1 heterocycles. The number of benzene rings is 2. The Labute approximate surface area is 181 Å². The molecule has 160 valence electrons. The number of fused-ring (bicyclic) bond motifs is 1. The van der Waals surface area contributed by atoms with Crippen LogP contribution in [0.25, 0.3) is 22.1 Å². The van der Waals surface area contributed by atoms with Crippen molar-refractivity contribution in [3.8, 4) is 11.5 Å². The number of nitrogens with zero attached hydrogens (tertiary/aromatic N) is 2. The van der Waals surface area contributed by atoms with Crippen LogP contribution in [0.15, 0.2) is 41.3 Å². The maximum absolute atomic E-state index is 12.8. The average Bonchev–Trinajstić information content (AvgIpc) is 3.18. The highest BCUT2D eigenvalue weighted by Crippen LogP contribution is 2.30. The number of hydrogen-bond acceptors (Lipinski definition) is 5. The fourth-order valence-corrected chi connectivity index (χ4v) is 4.83. The Hall–Kier alpha value is -2.55. The lowest BCUT2D eigenvalue weighted by atomic mass is 10.2. The van der Waals surface area contributed by atoms with Gasteiger partial charge in [-0.1, -0.05) is 31.5 Å². The molecule has 0 saturated heterocycles. The summed E-state index contributed by atoms with van der Waals surface area (Å²) < 4.78 is 37.5. The van der Waals surface area contributed by atoms with Crippen molar-refractivity contribution < 1.29 is 17.9 Å². The summed E-state index contributed by atoms with van der Waals surface area (Å²) in [6, 6.07) is 10.3. The first-order chi connectivity index (χ1) is 14.3. The number of aromatic amines is 1. The molecule has 1 aromatic heterocycles. The molecule has 30 heavy (non-hydrogen) atoms. The first kappa shape index (κ1) is 22.1. The summed E-state index contributed by atoms with van der Waals surface area (Å²) in [5.74, 6) is 1.65. The Morgan fingerprint density at radius 3 is 2.43 bits per heavy atom. The predicted molar refractivity (Wildman–Crippen MR) is 119 cm³/mol. The van der Waals surface area contributed by atoms with Crippen LogP contribution in [0.3, 0.4) is 0 Å². The lowest BCUT2D eigenvalue weighted by molar-refractivity contribution is 0.355. The Kier molecular flexibility index (Phi) is 6.70. The normalized spacial score (nSPS) is 12.5. The summed E-state index contributed by atoms with van der Waals surface area (Å²) in [5, 5.41) is 0.381. The van der Waals surface area contributed by atoms with Crippen LogP contribution in [0.4, 0.5) is 0 Å². The molecule has 0 atom stereocenters. The monoisotopic (exact) mass is 449 g/mol. The van der Waals surface area contributed by atoms with Gasteiger partial charge >= 0.3 is 0 Å². The fraction of sp³-hybridized carbons (Fsp3) is 0.286. The number of H-pyrrole nitrogens is 1. The van der Waals surface area contributed by atoms with E-state index in [0.717, 1.165) is 5.56 Å². The molecule has 9 heteroatoms. The van der Waals surface area contributed by atoms with Gasteiger partial charge < -0.3 is 14.5 Å². The van der Waals surface area contributed by atoms with Gasteiger partial charge in [0.1, 0.15) is 5.82 Å². The molecule has 0 amide bonds. The summed E-state index contributed by atoms with van der Waals surface area (Å²) in [6.07, 6.45) is 1.74. The van der Waals surface area contributed by atoms with Crippen molar-refractivity contribution in [1.29, 1.82) is 0 Å². The van der Waals surface area contributed by atoms with E-state index in [1.165, 1.54) is 4.31 Å². The third-order valence-corrected chi connectivity index (χ3v) is 7.06. The van der Waals surface area contributed by atoms with Crippen LogP contribution >= 0.6 is 11.6 Å². The van der Waals surface area contributed by atoms with Gasteiger partial charge in [-0.25, -0.2) is 13.4 Å². The number of ether oxygens (including phenoxy) is 2. The first-order valence-electron chi connectivity index (χ1n) is 9.43. The molecule has 2 aromatic carbocycles. The highest BCUT2D eigenvalue weighted by molar-refractivity contribution is 7.89. The van der Waals surface area contributed by atoms with E-state index in [-0.39, 0.29) is 4.90 Å². The van der Waals surface area contributed by atoms with E-state index in [9.17, 15) is 8.42 Å². The minimum absolute atomic E-state index is 0.217. The zero-order valence-corrected chi connectivity index (χ0v) is 18.8. The Bertz CT molecular complexity index is 1180. The molecule has 0 fully saturated rings. The summed E-state index contributed by atoms with van der Waals surface area (Å²) in [5.41, 5.74) is 2.03. The van der Waals surface area contributed by atoms with Crippen LogP contribution in [0.5, 0.6) is 11.5 Å². The lowest BCUT2D eigenvalue weighted by Crippen LogP contribution is -2.30. The van der Waals surface area contributed by atoms with Crippen molar-refractivity contribution in [3.05, 3.63) is 47.8 Å². The number of halogens is 1. The number of aromatic nitrogens is 2. The van der Waals surface area contributed by atoms with Crippen LogP contribution in [-0.4, -0.2) is 50.0 Å². The third kappa shape index (κ3) is 4.30. The van der Waals surface area contributed by atoms with Gasteiger partial charge in [0.15, 0.2) is 11.5 Å². The summed E-state index contributed by atoms with van der Waals surface area (Å²) in [7, 11) is -0.416. The number of imidazole rings is 1. The Balaban J connectivity index is 1.97. The average molecular weight is 450 g/mol. The highest BCUT2D eigenvalue weighted by atomic mass is 35.5. The molecule has 0 bridgehead atoms. The van der Waals surface area contributed by atoms with Crippen molar-refractivity contribution in [3.63, 3.8) is 0 Å². The van der Waals surface area contributed by atoms with Gasteiger partial charge in [0.2, 0.25) is 10.0 Å². The van der Waals surface area contributed by atoms with Gasteiger partial charge in [0.25, 0.3) is 0 Å². The number of sulfonamides is 1. The lowest BCUT2D eigenvalue weighted by Gasteiger charge is -2.18. The predicted octanol–water partition coefficient (Wildman–Crippen LogP) is 4.35. The second-order valence-electron chi connectivity index (χ2n) is 6.46. The van der Waals surface area contributed by atoms with Crippen LogP contribution < -0.4 is 9.47 Å². The summed E-state index contributed by atoms with van der Waals surface area (Å²) >= 11 is 6.48. The molecule has 0 radical (unpaired) electrons. The van der Waals surface area contributed by atoms with Gasteiger partial charge in [-0.05, 0) is 42.0 Å². The van der Waals surface area contributed by atoms with E-state index in [1.807, 2.05) is 19.9 Å². The SMILES string of the molecule is CCN(CC)S(=O)(=O)c1ccc2nc(C(Cl)=Cc3ccc(OC)c(OC)c3)[nH]c2c1. The molecular formula is C21H24ClN3O4S. The molecule has 0 aliphatic carbocycles. The van der Waals surface area contributed by atoms with Gasteiger partial charge in [-0.15, -0.1) is 0 Å². The molecule has 3 rings (SSSR count). The van der Waals surface area contributed by atoms with E-state index >= 15 is 0 Å². The Morgan fingerprint density at radius 1 is 1.10 bits per heavy atom.